The molecule has 4 aromatic rings. The molecule has 1 saturated carbocycles. The minimum atomic E-state index is 0.00268. The lowest BCUT2D eigenvalue weighted by atomic mass is 9.61. The molecule has 2 atom stereocenters. The van der Waals surface area contributed by atoms with Crippen LogP contribution in [0.3, 0.4) is 0 Å². The van der Waals surface area contributed by atoms with Crippen molar-refractivity contribution in [3.05, 3.63) is 113 Å². The van der Waals surface area contributed by atoms with E-state index >= 15 is 0 Å². The molecule has 4 aromatic carbocycles. The first-order valence-electron chi connectivity index (χ1n) is 17.9. The molecule has 0 N–H and O–H groups in total. The van der Waals surface area contributed by atoms with Gasteiger partial charge in [0.1, 0.15) is 0 Å². The van der Waals surface area contributed by atoms with Crippen molar-refractivity contribution < 1.29 is 0 Å². The molecule has 47 heavy (non-hydrogen) atoms. The zero-order valence-corrected chi connectivity index (χ0v) is 31.3. The van der Waals surface area contributed by atoms with E-state index in [0.29, 0.717) is 0 Å². The minimum absolute atomic E-state index is 0.00268. The SMILES string of the molecule is Cc1cc(N(c2ccc(C(C)(C)C)cc2)c2ccc(C(C)(C)C)cc2)cc(N2c3ccc(C(C)(C)C)cc3C3(C)CCCCC23C)c1. The van der Waals surface area contributed by atoms with Crippen molar-refractivity contribution in [2.24, 2.45) is 0 Å². The largest absolute Gasteiger partial charge is 0.334 e. The smallest absolute Gasteiger partial charge is 0.0517 e. The van der Waals surface area contributed by atoms with E-state index in [1.165, 1.54) is 81.9 Å². The summed E-state index contributed by atoms with van der Waals surface area (Å²) in [6, 6.07) is 33.0. The molecule has 0 aromatic heterocycles. The second-order valence-corrected chi connectivity index (χ2v) is 18.1. The molecule has 1 heterocycles. The second-order valence-electron chi connectivity index (χ2n) is 18.1. The maximum Gasteiger partial charge on any atom is 0.0517 e. The van der Waals surface area contributed by atoms with Crippen LogP contribution in [0.4, 0.5) is 28.4 Å². The number of anilines is 5. The Kier molecular flexibility index (Phi) is 8.02. The van der Waals surface area contributed by atoms with Crippen molar-refractivity contribution in [3.8, 4) is 0 Å². The number of aryl methyl sites for hydroxylation is 1. The molecule has 0 spiro atoms. The molecule has 248 valence electrons. The maximum absolute atomic E-state index is 2.73. The molecule has 0 bridgehead atoms. The summed E-state index contributed by atoms with van der Waals surface area (Å²) in [5.41, 5.74) is 13.6. The fourth-order valence-corrected chi connectivity index (χ4v) is 8.28. The highest BCUT2D eigenvalue weighted by Gasteiger charge is 2.57. The van der Waals surface area contributed by atoms with Crippen LogP contribution in [0.5, 0.6) is 0 Å². The van der Waals surface area contributed by atoms with Gasteiger partial charge in [-0.1, -0.05) is 118 Å². The quantitative estimate of drug-likeness (QED) is 0.222. The molecule has 6 rings (SSSR count). The highest BCUT2D eigenvalue weighted by atomic mass is 15.3. The average Bonchev–Trinajstić information content (AvgIpc) is 3.19. The number of hydrogen-bond donors (Lipinski definition) is 0. The van der Waals surface area contributed by atoms with E-state index in [1.807, 2.05) is 0 Å². The zero-order chi connectivity index (χ0) is 34.2. The lowest BCUT2D eigenvalue weighted by Gasteiger charge is -2.50. The number of nitrogens with zero attached hydrogens (tertiary/aromatic N) is 2. The Bertz CT molecular complexity index is 1700. The van der Waals surface area contributed by atoms with Gasteiger partial charge in [0.25, 0.3) is 0 Å². The zero-order valence-electron chi connectivity index (χ0n) is 31.3. The first-order chi connectivity index (χ1) is 21.8. The van der Waals surface area contributed by atoms with Crippen molar-refractivity contribution in [3.63, 3.8) is 0 Å². The Labute approximate surface area is 286 Å². The molecule has 2 nitrogen and oxygen atoms in total. The molecule has 0 amide bonds. The van der Waals surface area contributed by atoms with E-state index in [9.17, 15) is 0 Å². The summed E-state index contributed by atoms with van der Waals surface area (Å²) in [5, 5.41) is 0. The van der Waals surface area contributed by atoms with Crippen molar-refractivity contribution in [2.75, 3.05) is 9.80 Å². The Morgan fingerprint density at radius 2 is 1.04 bits per heavy atom. The van der Waals surface area contributed by atoms with Crippen molar-refractivity contribution in [1.82, 2.24) is 0 Å². The summed E-state index contributed by atoms with van der Waals surface area (Å²) in [4.78, 5) is 5.19. The molecule has 2 aliphatic rings. The van der Waals surface area contributed by atoms with E-state index in [1.54, 1.807) is 0 Å². The van der Waals surface area contributed by atoms with Crippen LogP contribution >= 0.6 is 0 Å². The fraction of sp³-hybridized carbons (Fsp3) is 0.467. The number of rotatable bonds is 4. The Hall–Kier alpha value is -3.52. The van der Waals surface area contributed by atoms with Crippen LogP contribution in [-0.4, -0.2) is 5.54 Å². The third-order valence-electron chi connectivity index (χ3n) is 11.5. The van der Waals surface area contributed by atoms with Crippen LogP contribution in [0.25, 0.3) is 0 Å². The number of fused-ring (bicyclic) bond motifs is 3. The maximum atomic E-state index is 2.73. The van der Waals surface area contributed by atoms with Crippen LogP contribution in [0.15, 0.2) is 84.9 Å². The predicted octanol–water partition coefficient (Wildman–Crippen LogP) is 13.1. The molecule has 1 fully saturated rings. The monoisotopic (exact) mass is 626 g/mol. The van der Waals surface area contributed by atoms with E-state index in [2.05, 4.69) is 178 Å². The van der Waals surface area contributed by atoms with Gasteiger partial charge in [0, 0.05) is 33.9 Å². The Balaban J connectivity index is 1.53. The van der Waals surface area contributed by atoms with Gasteiger partial charge in [0.05, 0.1) is 5.54 Å². The van der Waals surface area contributed by atoms with Crippen molar-refractivity contribution in [2.45, 2.75) is 136 Å². The highest BCUT2D eigenvalue weighted by molar-refractivity contribution is 5.83. The number of benzene rings is 4. The van der Waals surface area contributed by atoms with E-state index in [-0.39, 0.29) is 27.2 Å². The lowest BCUT2D eigenvalue weighted by Crippen LogP contribution is -2.54. The molecule has 2 heteroatoms. The van der Waals surface area contributed by atoms with Gasteiger partial charge in [-0.2, -0.15) is 0 Å². The van der Waals surface area contributed by atoms with Gasteiger partial charge < -0.3 is 9.80 Å². The van der Waals surface area contributed by atoms with Crippen LogP contribution in [0.2, 0.25) is 0 Å². The van der Waals surface area contributed by atoms with Crippen LogP contribution in [0.1, 0.15) is 130 Å². The van der Waals surface area contributed by atoms with Gasteiger partial charge in [-0.05, 0) is 119 Å². The van der Waals surface area contributed by atoms with E-state index in [4.69, 9.17) is 0 Å². The van der Waals surface area contributed by atoms with Crippen molar-refractivity contribution >= 4 is 28.4 Å². The Morgan fingerprint density at radius 1 is 0.553 bits per heavy atom. The average molecular weight is 627 g/mol. The van der Waals surface area contributed by atoms with Gasteiger partial charge in [-0.15, -0.1) is 0 Å². The lowest BCUT2D eigenvalue weighted by molar-refractivity contribution is 0.195. The summed E-state index contributed by atoms with van der Waals surface area (Å²) < 4.78 is 0. The minimum Gasteiger partial charge on any atom is -0.334 e. The molecule has 1 aliphatic heterocycles. The van der Waals surface area contributed by atoms with Gasteiger partial charge in [-0.25, -0.2) is 0 Å². The molecular weight excluding hydrogens is 569 g/mol. The molecule has 0 saturated heterocycles. The number of hydrogen-bond acceptors (Lipinski definition) is 2. The topological polar surface area (TPSA) is 6.48 Å². The molecule has 0 radical (unpaired) electrons. The molecule has 1 aliphatic carbocycles. The highest BCUT2D eigenvalue weighted by Crippen LogP contribution is 2.61. The van der Waals surface area contributed by atoms with E-state index < -0.39 is 0 Å². The second kappa shape index (κ2) is 11.3. The summed E-state index contributed by atoms with van der Waals surface area (Å²) in [6.45, 7) is 28.1. The van der Waals surface area contributed by atoms with Crippen LogP contribution in [0, 0.1) is 6.92 Å². The predicted molar refractivity (Wildman–Crippen MR) is 205 cm³/mol. The van der Waals surface area contributed by atoms with Gasteiger partial charge >= 0.3 is 0 Å². The van der Waals surface area contributed by atoms with Crippen LogP contribution < -0.4 is 9.80 Å². The van der Waals surface area contributed by atoms with Gasteiger partial charge in [-0.3, -0.25) is 0 Å². The van der Waals surface area contributed by atoms with Gasteiger partial charge in [0.2, 0.25) is 0 Å². The standard InChI is InChI=1S/C45H58N2/c1-31-27-37(46(35-20-15-32(16-21-35)41(2,3)4)36-22-17-33(18-23-36)42(5,6)7)30-38(28-31)47-40-24-19-34(43(8,9)10)29-39(40)44(11)25-13-14-26-45(44,47)12/h15-24,27-30H,13-14,25-26H2,1-12H3. The molecular formula is C45H58N2. The first-order valence-corrected chi connectivity index (χ1v) is 17.9. The van der Waals surface area contributed by atoms with Gasteiger partial charge in [0.15, 0.2) is 0 Å². The third-order valence-corrected chi connectivity index (χ3v) is 11.5. The summed E-state index contributed by atoms with van der Waals surface area (Å²) in [5.74, 6) is 0. The third kappa shape index (κ3) is 5.81. The van der Waals surface area contributed by atoms with Crippen LogP contribution in [-0.2, 0) is 21.7 Å². The first kappa shape index (κ1) is 33.4. The normalized spacial score (nSPS) is 21.4. The van der Waals surface area contributed by atoms with Crippen molar-refractivity contribution in [1.29, 1.82) is 0 Å². The molecule has 2 unspecified atom stereocenters. The summed E-state index contributed by atoms with van der Waals surface area (Å²) in [7, 11) is 0. The Morgan fingerprint density at radius 3 is 1.55 bits per heavy atom. The summed E-state index contributed by atoms with van der Waals surface area (Å²) in [6.07, 6.45) is 4.99. The van der Waals surface area contributed by atoms with E-state index in [0.717, 1.165) is 0 Å². The summed E-state index contributed by atoms with van der Waals surface area (Å²) >= 11 is 0. The fourth-order valence-electron chi connectivity index (χ4n) is 8.28.